The van der Waals surface area contributed by atoms with Crippen LogP contribution in [0.1, 0.15) is 41.4 Å². The molecule has 0 radical (unpaired) electrons. The first-order valence-corrected chi connectivity index (χ1v) is 11.4. The van der Waals surface area contributed by atoms with Crippen LogP contribution in [0.15, 0.2) is 0 Å². The number of hydrogen-bond donors (Lipinski definition) is 4. The molecule has 0 bridgehead atoms. The molecule has 6 N–H and O–H groups in total. The van der Waals surface area contributed by atoms with E-state index < -0.39 is 124 Å². The highest BCUT2D eigenvalue weighted by Gasteiger charge is 2.37. The van der Waals surface area contributed by atoms with Gasteiger partial charge in [-0.2, -0.15) is 8.78 Å². The fourth-order valence-corrected chi connectivity index (χ4v) is 4.21. The smallest absolute Gasteiger partial charge is 0.339 e. The lowest BCUT2D eigenvalue weighted by Crippen LogP contribution is -2.16. The molecule has 0 amide bonds. The van der Waals surface area contributed by atoms with E-state index in [1.54, 1.807) is 0 Å². The van der Waals surface area contributed by atoms with E-state index >= 15 is 0 Å². The summed E-state index contributed by atoms with van der Waals surface area (Å²) >= 11 is 23.7. The summed E-state index contributed by atoms with van der Waals surface area (Å²) in [6.45, 7) is 0. The van der Waals surface area contributed by atoms with Crippen molar-refractivity contribution in [3.05, 3.63) is 77.2 Å². The van der Waals surface area contributed by atoms with Gasteiger partial charge in [-0.25, -0.2) is 36.7 Å². The van der Waals surface area contributed by atoms with Gasteiger partial charge in [0.25, 0.3) is 0 Å². The lowest BCUT2D eigenvalue weighted by molar-refractivity contribution is 0.0640. The Bertz CT molecular complexity index is 1610. The fourth-order valence-electron chi connectivity index (χ4n) is 3.23. The largest absolute Gasteiger partial charge is 0.478 e. The van der Waals surface area contributed by atoms with E-state index in [0.29, 0.717) is 0 Å². The summed E-state index contributed by atoms with van der Waals surface area (Å²) in [5.41, 5.74) is -7.64. The molecule has 0 atom stereocenters. The van der Waals surface area contributed by atoms with Crippen LogP contribution in [0, 0.1) is 34.9 Å². The summed E-state index contributed by atoms with van der Waals surface area (Å²) in [5.74, 6) is -29.9. The third-order valence-electron chi connectivity index (χ3n) is 5.01. The fraction of sp³-hybridized carbons (Fsp3) is 0. The van der Waals surface area contributed by atoms with Gasteiger partial charge in [0.15, 0.2) is 34.8 Å². The lowest BCUT2D eigenvalue weighted by Gasteiger charge is -2.19. The Morgan fingerprint density at radius 3 is 0.837 bits per heavy atom. The van der Waals surface area contributed by atoms with Gasteiger partial charge in [0.1, 0.15) is 42.3 Å². The first-order valence-electron chi connectivity index (χ1n) is 9.92. The number of carboxylic acid groups (broad SMARTS) is 4. The Labute approximate surface area is 251 Å². The van der Waals surface area contributed by atoms with Crippen LogP contribution in [0.25, 0.3) is 0 Å². The Kier molecular flexibility index (Phi) is 10.3. The summed E-state index contributed by atoms with van der Waals surface area (Å²) in [6, 6.07) is 0. The molecular formula is C22H6Cl4F6O11. The number of carbonyl (C=O) groups is 4. The summed E-state index contributed by atoms with van der Waals surface area (Å²) in [5, 5.41) is 31.8. The quantitative estimate of drug-likeness (QED) is 0.145. The maximum atomic E-state index is 14.9. The van der Waals surface area contributed by atoms with Crippen molar-refractivity contribution in [2.75, 3.05) is 0 Å². The van der Waals surface area contributed by atoms with E-state index in [4.69, 9.17) is 76.3 Å². The standard InChI is InChI=1S/C22H4Cl4F6O10.H2O/c23-5-7(25)16(42-18-12(30)4(22(39)40)2(20(35)36)10(28)14(18)32)8(26)6(24)15(5)41-17-11(29)3(21(37)38)1(19(33)34)9(27)13(17)31;/h(H,33,34)(H,35,36)(H,37,38)(H,39,40);1H2. The average molecular weight is 702 g/mol. The topological polar surface area (TPSA) is 199 Å². The van der Waals surface area contributed by atoms with Crippen LogP contribution in [-0.4, -0.2) is 49.8 Å². The van der Waals surface area contributed by atoms with Crippen LogP contribution in [-0.2, 0) is 0 Å². The van der Waals surface area contributed by atoms with E-state index in [-0.39, 0.29) is 5.48 Å². The number of hydrogen-bond acceptors (Lipinski definition) is 6. The first-order chi connectivity index (χ1) is 19.4. The molecule has 0 heterocycles. The van der Waals surface area contributed by atoms with Crippen molar-refractivity contribution in [3.8, 4) is 23.0 Å². The third kappa shape index (κ3) is 5.76. The number of aromatic carboxylic acids is 4. The second-order valence-electron chi connectivity index (χ2n) is 7.38. The molecular weight excluding hydrogens is 696 g/mol. The summed E-state index contributed by atoms with van der Waals surface area (Å²) in [4.78, 5) is 45.1. The van der Waals surface area contributed by atoms with Crippen molar-refractivity contribution in [3.63, 3.8) is 0 Å². The van der Waals surface area contributed by atoms with Crippen LogP contribution < -0.4 is 9.47 Å². The zero-order chi connectivity index (χ0) is 32.1. The van der Waals surface area contributed by atoms with Crippen LogP contribution in [0.4, 0.5) is 26.3 Å². The molecule has 3 aromatic carbocycles. The Morgan fingerprint density at radius 1 is 0.419 bits per heavy atom. The molecule has 0 saturated carbocycles. The van der Waals surface area contributed by atoms with Crippen LogP contribution in [0.2, 0.25) is 20.1 Å². The van der Waals surface area contributed by atoms with Gasteiger partial charge in [0.05, 0.1) is 0 Å². The second kappa shape index (κ2) is 12.6. The molecule has 0 aliphatic carbocycles. The average Bonchev–Trinajstić information content (AvgIpc) is 2.89. The molecule has 0 aliphatic heterocycles. The first kappa shape index (κ1) is 35.0. The second-order valence-corrected chi connectivity index (χ2v) is 8.89. The molecule has 0 aromatic heterocycles. The number of benzene rings is 3. The molecule has 0 spiro atoms. The maximum absolute atomic E-state index is 14.9. The molecule has 3 aromatic rings. The molecule has 43 heavy (non-hydrogen) atoms. The number of halogens is 10. The molecule has 3 rings (SSSR count). The highest BCUT2D eigenvalue weighted by molar-refractivity contribution is 6.50. The molecule has 11 nitrogen and oxygen atoms in total. The number of carboxylic acids is 4. The monoisotopic (exact) mass is 700 g/mol. The van der Waals surface area contributed by atoms with E-state index in [9.17, 15) is 45.5 Å². The maximum Gasteiger partial charge on any atom is 0.339 e. The zero-order valence-electron chi connectivity index (χ0n) is 19.5. The van der Waals surface area contributed by atoms with E-state index in [0.717, 1.165) is 0 Å². The lowest BCUT2D eigenvalue weighted by atomic mass is 10.0. The minimum Gasteiger partial charge on any atom is -0.478 e. The van der Waals surface area contributed by atoms with Crippen molar-refractivity contribution >= 4 is 70.3 Å². The SMILES string of the molecule is O.O=C(O)c1c(F)c(F)c(Oc2c(Cl)c(Cl)c(Oc3c(F)c(F)c(C(=O)O)c(C(=O)O)c3F)c(Cl)c2Cl)c(F)c1C(=O)O. The van der Waals surface area contributed by atoms with Crippen LogP contribution in [0.5, 0.6) is 23.0 Å². The highest BCUT2D eigenvalue weighted by atomic mass is 35.5. The van der Waals surface area contributed by atoms with E-state index in [1.165, 1.54) is 0 Å². The van der Waals surface area contributed by atoms with Gasteiger partial charge in [0.2, 0.25) is 23.1 Å². The zero-order valence-corrected chi connectivity index (χ0v) is 22.5. The molecule has 0 aliphatic rings. The van der Waals surface area contributed by atoms with E-state index in [1.807, 2.05) is 0 Å². The Balaban J connectivity index is 0.00000645. The molecule has 0 unspecified atom stereocenters. The third-order valence-corrected chi connectivity index (χ3v) is 6.64. The van der Waals surface area contributed by atoms with Gasteiger partial charge >= 0.3 is 23.9 Å². The molecule has 0 saturated heterocycles. The van der Waals surface area contributed by atoms with Crippen LogP contribution >= 0.6 is 46.4 Å². The predicted octanol–water partition coefficient (Wildman–Crippen LogP) is 6.69. The van der Waals surface area contributed by atoms with Crippen molar-refractivity contribution in [1.29, 1.82) is 0 Å². The van der Waals surface area contributed by atoms with Crippen molar-refractivity contribution < 1.29 is 80.9 Å². The molecule has 21 heteroatoms. The molecule has 230 valence electrons. The van der Waals surface area contributed by atoms with Gasteiger partial charge < -0.3 is 35.4 Å². The van der Waals surface area contributed by atoms with E-state index in [2.05, 4.69) is 0 Å². The Morgan fingerprint density at radius 2 is 0.628 bits per heavy atom. The van der Waals surface area contributed by atoms with Gasteiger partial charge in [-0.3, -0.25) is 0 Å². The van der Waals surface area contributed by atoms with Gasteiger partial charge in [-0.15, -0.1) is 0 Å². The number of ether oxygens (including phenoxy) is 2. The van der Waals surface area contributed by atoms with Gasteiger partial charge in [-0.05, 0) is 0 Å². The minimum atomic E-state index is -2.40. The normalized spacial score (nSPS) is 10.7. The highest BCUT2D eigenvalue weighted by Crippen LogP contribution is 2.53. The van der Waals surface area contributed by atoms with Gasteiger partial charge in [0, 0.05) is 0 Å². The summed E-state index contributed by atoms with van der Waals surface area (Å²) in [6.07, 6.45) is 0. The van der Waals surface area contributed by atoms with Crippen molar-refractivity contribution in [2.45, 2.75) is 0 Å². The summed E-state index contributed by atoms with van der Waals surface area (Å²) < 4.78 is 97.1. The Hall–Kier alpha value is -4.16. The predicted molar refractivity (Wildman–Crippen MR) is 131 cm³/mol. The van der Waals surface area contributed by atoms with Gasteiger partial charge in [-0.1, -0.05) is 46.4 Å². The molecule has 0 fully saturated rings. The number of rotatable bonds is 8. The van der Waals surface area contributed by atoms with Crippen LogP contribution in [0.3, 0.4) is 0 Å². The minimum absolute atomic E-state index is 0. The summed E-state index contributed by atoms with van der Waals surface area (Å²) in [7, 11) is 0. The van der Waals surface area contributed by atoms with Crippen molar-refractivity contribution in [1.82, 2.24) is 0 Å². The van der Waals surface area contributed by atoms with Crippen molar-refractivity contribution in [2.24, 2.45) is 0 Å².